The number of carbonyl (C=O) groups is 1. The van der Waals surface area contributed by atoms with Gasteiger partial charge in [0.2, 0.25) is 0 Å². The first kappa shape index (κ1) is 15.6. The summed E-state index contributed by atoms with van der Waals surface area (Å²) in [5.41, 5.74) is 3.31. The third-order valence-corrected chi connectivity index (χ3v) is 3.56. The van der Waals surface area contributed by atoms with Crippen LogP contribution < -0.4 is 0 Å². The van der Waals surface area contributed by atoms with Crippen LogP contribution in [0.15, 0.2) is 96.0 Å². The van der Waals surface area contributed by atoms with Gasteiger partial charge in [-0.1, -0.05) is 66.7 Å². The predicted molar refractivity (Wildman–Crippen MR) is 99.9 cm³/mol. The Morgan fingerprint density at radius 3 is 1.96 bits per heavy atom. The molecule has 0 atom stereocenters. The SMILES string of the molecule is O=C(c1ccccc1)c1ccc(N=C/C=C/c2ccccc2)cc1. The van der Waals surface area contributed by atoms with Gasteiger partial charge >= 0.3 is 0 Å². The fourth-order valence-electron chi connectivity index (χ4n) is 2.30. The summed E-state index contributed by atoms with van der Waals surface area (Å²) in [6.07, 6.45) is 5.65. The summed E-state index contributed by atoms with van der Waals surface area (Å²) >= 11 is 0. The zero-order chi connectivity index (χ0) is 16.6. The quantitative estimate of drug-likeness (QED) is 0.462. The first-order valence-corrected chi connectivity index (χ1v) is 7.78. The minimum atomic E-state index is 0.0232. The minimum absolute atomic E-state index is 0.0232. The van der Waals surface area contributed by atoms with Crippen LogP contribution in [0.4, 0.5) is 5.69 Å². The molecule has 2 heteroatoms. The summed E-state index contributed by atoms with van der Waals surface area (Å²) in [5.74, 6) is 0.0232. The van der Waals surface area contributed by atoms with Crippen LogP contribution in [0.3, 0.4) is 0 Å². The first-order valence-electron chi connectivity index (χ1n) is 7.78. The maximum Gasteiger partial charge on any atom is 0.193 e. The van der Waals surface area contributed by atoms with Crippen LogP contribution in [0.2, 0.25) is 0 Å². The highest BCUT2D eigenvalue weighted by Gasteiger charge is 2.07. The summed E-state index contributed by atoms with van der Waals surface area (Å²) in [7, 11) is 0. The van der Waals surface area contributed by atoms with Crippen LogP contribution in [0, 0.1) is 0 Å². The van der Waals surface area contributed by atoms with Crippen molar-refractivity contribution in [3.8, 4) is 0 Å². The number of rotatable bonds is 5. The number of carbonyl (C=O) groups excluding carboxylic acids is 1. The molecule has 0 aliphatic carbocycles. The number of hydrogen-bond donors (Lipinski definition) is 0. The van der Waals surface area contributed by atoms with Crippen molar-refractivity contribution >= 4 is 23.8 Å². The van der Waals surface area contributed by atoms with E-state index in [1.54, 1.807) is 6.21 Å². The van der Waals surface area contributed by atoms with Crippen LogP contribution in [0.25, 0.3) is 6.08 Å². The van der Waals surface area contributed by atoms with Gasteiger partial charge in [0.15, 0.2) is 5.78 Å². The molecule has 2 nitrogen and oxygen atoms in total. The molecule has 0 aliphatic heterocycles. The van der Waals surface area contributed by atoms with Crippen molar-refractivity contribution in [3.05, 3.63) is 108 Å². The summed E-state index contributed by atoms with van der Waals surface area (Å²) in [6.45, 7) is 0. The summed E-state index contributed by atoms with van der Waals surface area (Å²) in [6, 6.07) is 26.7. The minimum Gasteiger partial charge on any atom is -0.289 e. The predicted octanol–water partition coefficient (Wildman–Crippen LogP) is 5.33. The average molecular weight is 311 g/mol. The molecule has 0 N–H and O–H groups in total. The number of ketones is 1. The fraction of sp³-hybridized carbons (Fsp3) is 0. The Morgan fingerprint density at radius 1 is 0.708 bits per heavy atom. The number of aliphatic imine (C=N–C) groups is 1. The molecule has 116 valence electrons. The average Bonchev–Trinajstić information content (AvgIpc) is 2.67. The standard InChI is InChI=1S/C22H17NO/c24-22(19-11-5-2-6-12-19)20-13-15-21(16-14-20)23-17-7-10-18-8-3-1-4-9-18/h1-17H/b10-7+,23-17?. The van der Waals surface area contributed by atoms with E-state index in [-0.39, 0.29) is 5.78 Å². The van der Waals surface area contributed by atoms with E-state index in [0.29, 0.717) is 11.1 Å². The van der Waals surface area contributed by atoms with Crippen molar-refractivity contribution in [1.29, 1.82) is 0 Å². The van der Waals surface area contributed by atoms with Crippen LogP contribution in [-0.4, -0.2) is 12.0 Å². The lowest BCUT2D eigenvalue weighted by molar-refractivity contribution is 0.103. The molecule has 0 saturated carbocycles. The lowest BCUT2D eigenvalue weighted by Gasteiger charge is -2.01. The van der Waals surface area contributed by atoms with E-state index >= 15 is 0 Å². The number of hydrogen-bond acceptors (Lipinski definition) is 2. The Kier molecular flexibility index (Phi) is 5.10. The van der Waals surface area contributed by atoms with Crippen molar-refractivity contribution < 1.29 is 4.79 Å². The van der Waals surface area contributed by atoms with Gasteiger partial charge in [-0.15, -0.1) is 0 Å². The Bertz CT molecular complexity index is 847. The smallest absolute Gasteiger partial charge is 0.193 e. The zero-order valence-corrected chi connectivity index (χ0v) is 13.2. The van der Waals surface area contributed by atoms with E-state index in [9.17, 15) is 4.79 Å². The molecule has 0 bridgehead atoms. The highest BCUT2D eigenvalue weighted by Crippen LogP contribution is 2.15. The van der Waals surface area contributed by atoms with Crippen LogP contribution in [0.1, 0.15) is 21.5 Å². The van der Waals surface area contributed by atoms with Gasteiger partial charge in [-0.05, 0) is 35.9 Å². The molecular formula is C22H17NO. The largest absolute Gasteiger partial charge is 0.289 e. The third kappa shape index (κ3) is 4.14. The van der Waals surface area contributed by atoms with Gasteiger partial charge in [0.25, 0.3) is 0 Å². The Balaban J connectivity index is 1.65. The molecule has 24 heavy (non-hydrogen) atoms. The van der Waals surface area contributed by atoms with Crippen LogP contribution in [0.5, 0.6) is 0 Å². The van der Waals surface area contributed by atoms with E-state index in [4.69, 9.17) is 0 Å². The molecule has 3 rings (SSSR count). The normalized spacial score (nSPS) is 11.2. The molecule has 0 spiro atoms. The first-order chi connectivity index (χ1) is 11.8. The van der Waals surface area contributed by atoms with Gasteiger partial charge in [0, 0.05) is 17.3 Å². The summed E-state index contributed by atoms with van der Waals surface area (Å²) in [5, 5.41) is 0. The van der Waals surface area contributed by atoms with Crippen LogP contribution in [-0.2, 0) is 0 Å². The fourth-order valence-corrected chi connectivity index (χ4v) is 2.30. The summed E-state index contributed by atoms with van der Waals surface area (Å²) < 4.78 is 0. The van der Waals surface area contributed by atoms with E-state index in [1.807, 2.05) is 97.1 Å². The molecule has 0 aromatic heterocycles. The van der Waals surface area contributed by atoms with Gasteiger partial charge < -0.3 is 0 Å². The molecule has 0 radical (unpaired) electrons. The van der Waals surface area contributed by atoms with Gasteiger partial charge in [-0.3, -0.25) is 9.79 Å². The third-order valence-electron chi connectivity index (χ3n) is 3.56. The van der Waals surface area contributed by atoms with Crippen molar-refractivity contribution in [2.24, 2.45) is 4.99 Å². The second-order valence-electron chi connectivity index (χ2n) is 5.29. The highest BCUT2D eigenvalue weighted by atomic mass is 16.1. The molecule has 0 heterocycles. The molecular weight excluding hydrogens is 294 g/mol. The molecule has 0 fully saturated rings. The number of nitrogens with zero attached hydrogens (tertiary/aromatic N) is 1. The highest BCUT2D eigenvalue weighted by molar-refractivity contribution is 6.09. The Morgan fingerprint density at radius 2 is 1.29 bits per heavy atom. The molecule has 0 aliphatic rings. The van der Waals surface area contributed by atoms with Gasteiger partial charge in [0.05, 0.1) is 5.69 Å². The maximum absolute atomic E-state index is 12.3. The number of allylic oxidation sites excluding steroid dienone is 1. The van der Waals surface area contributed by atoms with Crippen LogP contribution >= 0.6 is 0 Å². The molecule has 0 amide bonds. The van der Waals surface area contributed by atoms with E-state index in [2.05, 4.69) is 4.99 Å². The van der Waals surface area contributed by atoms with E-state index in [0.717, 1.165) is 11.3 Å². The lowest BCUT2D eigenvalue weighted by atomic mass is 10.0. The van der Waals surface area contributed by atoms with Gasteiger partial charge in [-0.2, -0.15) is 0 Å². The number of benzene rings is 3. The zero-order valence-electron chi connectivity index (χ0n) is 13.2. The Hall–Kier alpha value is -3.26. The van der Waals surface area contributed by atoms with Crippen molar-refractivity contribution in [3.63, 3.8) is 0 Å². The second kappa shape index (κ2) is 7.84. The molecule has 0 unspecified atom stereocenters. The van der Waals surface area contributed by atoms with Crippen molar-refractivity contribution in [2.75, 3.05) is 0 Å². The molecule has 3 aromatic carbocycles. The summed E-state index contributed by atoms with van der Waals surface area (Å²) in [4.78, 5) is 16.7. The molecule has 0 saturated heterocycles. The van der Waals surface area contributed by atoms with Crippen molar-refractivity contribution in [2.45, 2.75) is 0 Å². The Labute approximate surface area is 141 Å². The maximum atomic E-state index is 12.3. The van der Waals surface area contributed by atoms with E-state index < -0.39 is 0 Å². The van der Waals surface area contributed by atoms with Crippen molar-refractivity contribution in [1.82, 2.24) is 0 Å². The van der Waals surface area contributed by atoms with Gasteiger partial charge in [-0.25, -0.2) is 0 Å². The van der Waals surface area contributed by atoms with Gasteiger partial charge in [0.1, 0.15) is 0 Å². The monoisotopic (exact) mass is 311 g/mol. The lowest BCUT2D eigenvalue weighted by Crippen LogP contribution is -1.99. The van der Waals surface area contributed by atoms with E-state index in [1.165, 1.54) is 0 Å². The topological polar surface area (TPSA) is 29.4 Å². The second-order valence-corrected chi connectivity index (χ2v) is 5.29. The molecule has 3 aromatic rings.